The number of amides is 1. The van der Waals surface area contributed by atoms with Crippen molar-refractivity contribution < 1.29 is 14.1 Å². The molecule has 0 saturated carbocycles. The number of aromatic nitrogens is 1. The molecule has 0 radical (unpaired) electrons. The molecule has 1 aliphatic rings. The molecule has 1 saturated heterocycles. The van der Waals surface area contributed by atoms with Gasteiger partial charge in [-0.05, 0) is 25.1 Å². The molecule has 1 amide bonds. The van der Waals surface area contributed by atoms with Crippen LogP contribution in [-0.2, 0) is 11.3 Å². The van der Waals surface area contributed by atoms with Gasteiger partial charge in [-0.3, -0.25) is 9.69 Å². The molecule has 1 aromatic heterocycles. The minimum Gasteiger partial charge on any atom is -0.495 e. The maximum Gasteiger partial charge on any atom is 0.225 e. The van der Waals surface area contributed by atoms with Crippen LogP contribution in [0.15, 0.2) is 28.8 Å². The first-order valence-corrected chi connectivity index (χ1v) is 9.41. The van der Waals surface area contributed by atoms with E-state index < -0.39 is 0 Å². The molecule has 1 fully saturated rings. The molecule has 2 aromatic rings. The first-order valence-electron chi connectivity index (χ1n) is 9.04. The van der Waals surface area contributed by atoms with E-state index in [9.17, 15) is 4.79 Å². The van der Waals surface area contributed by atoms with E-state index in [2.05, 4.69) is 20.3 Å². The number of nitrogens with zero attached hydrogens (tertiary/aromatic N) is 3. The Kier molecular flexibility index (Phi) is 6.71. The Morgan fingerprint density at radius 2 is 2.00 bits per heavy atom. The topological polar surface area (TPSA) is 70.8 Å². The lowest BCUT2D eigenvalue weighted by molar-refractivity contribution is -0.116. The summed E-state index contributed by atoms with van der Waals surface area (Å²) in [6, 6.07) is 7.14. The van der Waals surface area contributed by atoms with Crippen LogP contribution in [-0.4, -0.2) is 60.7 Å². The zero-order chi connectivity index (χ0) is 19.2. The monoisotopic (exact) mass is 392 g/mol. The van der Waals surface area contributed by atoms with Crippen molar-refractivity contribution in [1.29, 1.82) is 0 Å². The highest BCUT2D eigenvalue weighted by Gasteiger charge is 2.19. The van der Waals surface area contributed by atoms with Gasteiger partial charge in [-0.2, -0.15) is 0 Å². The highest BCUT2D eigenvalue weighted by Crippen LogP contribution is 2.27. The molecule has 146 valence electrons. The van der Waals surface area contributed by atoms with Crippen LogP contribution in [0.4, 0.5) is 5.69 Å². The summed E-state index contributed by atoms with van der Waals surface area (Å²) in [6.07, 6.45) is 0.428. The Bertz CT molecular complexity index is 772. The maximum atomic E-state index is 12.3. The number of benzene rings is 1. The molecule has 0 spiro atoms. The molecule has 0 bridgehead atoms. The van der Waals surface area contributed by atoms with Crippen LogP contribution < -0.4 is 10.1 Å². The lowest BCUT2D eigenvalue weighted by atomic mass is 10.2. The van der Waals surface area contributed by atoms with Crippen LogP contribution in [0.1, 0.15) is 17.9 Å². The molecule has 1 aliphatic heterocycles. The fourth-order valence-corrected chi connectivity index (χ4v) is 3.30. The summed E-state index contributed by atoms with van der Waals surface area (Å²) in [4.78, 5) is 16.9. The number of aryl methyl sites for hydroxylation is 1. The Morgan fingerprint density at radius 3 is 2.67 bits per heavy atom. The van der Waals surface area contributed by atoms with E-state index in [0.717, 1.165) is 50.7 Å². The largest absolute Gasteiger partial charge is 0.495 e. The number of hydrogen-bond acceptors (Lipinski definition) is 6. The number of hydrogen-bond donors (Lipinski definition) is 1. The van der Waals surface area contributed by atoms with Crippen molar-refractivity contribution in [3.63, 3.8) is 0 Å². The van der Waals surface area contributed by atoms with Crippen molar-refractivity contribution in [1.82, 2.24) is 15.0 Å². The molecule has 0 atom stereocenters. The first-order chi connectivity index (χ1) is 13.0. The summed E-state index contributed by atoms with van der Waals surface area (Å²) >= 11 is 6.00. The molecule has 0 unspecified atom stereocenters. The second-order valence-corrected chi connectivity index (χ2v) is 7.13. The van der Waals surface area contributed by atoms with Crippen LogP contribution in [0.3, 0.4) is 0 Å². The molecule has 3 rings (SSSR count). The van der Waals surface area contributed by atoms with Crippen molar-refractivity contribution >= 4 is 23.2 Å². The number of carbonyl (C=O) groups is 1. The number of piperazine rings is 1. The minimum absolute atomic E-state index is 0.0462. The Balaban J connectivity index is 1.41. The predicted octanol–water partition coefficient (Wildman–Crippen LogP) is 2.79. The second kappa shape index (κ2) is 9.21. The van der Waals surface area contributed by atoms with Gasteiger partial charge in [0.05, 0.1) is 25.0 Å². The van der Waals surface area contributed by atoms with Gasteiger partial charge in [0, 0.05) is 50.2 Å². The summed E-state index contributed by atoms with van der Waals surface area (Å²) in [7, 11) is 1.57. The van der Waals surface area contributed by atoms with Gasteiger partial charge in [-0.1, -0.05) is 16.8 Å². The summed E-state index contributed by atoms with van der Waals surface area (Å²) in [5.74, 6) is 1.45. The lowest BCUT2D eigenvalue weighted by Gasteiger charge is -2.33. The Morgan fingerprint density at radius 1 is 1.26 bits per heavy atom. The maximum absolute atomic E-state index is 12.3. The number of carbonyl (C=O) groups excluding carboxylic acids is 1. The van der Waals surface area contributed by atoms with Crippen LogP contribution in [0.5, 0.6) is 5.75 Å². The van der Waals surface area contributed by atoms with Crippen LogP contribution in [0.25, 0.3) is 0 Å². The summed E-state index contributed by atoms with van der Waals surface area (Å²) in [5, 5.41) is 7.36. The number of nitrogens with one attached hydrogen (secondary N) is 1. The SMILES string of the molecule is COc1ccc(Cl)cc1NC(=O)CCN1CCN(Cc2cc(C)no2)CC1. The fraction of sp³-hybridized carbons (Fsp3) is 0.474. The number of anilines is 1. The zero-order valence-corrected chi connectivity index (χ0v) is 16.5. The van der Waals surface area contributed by atoms with E-state index >= 15 is 0 Å². The van der Waals surface area contributed by atoms with E-state index in [-0.39, 0.29) is 5.91 Å². The highest BCUT2D eigenvalue weighted by molar-refractivity contribution is 6.31. The van der Waals surface area contributed by atoms with Gasteiger partial charge in [-0.25, -0.2) is 0 Å². The Hall–Kier alpha value is -2.09. The van der Waals surface area contributed by atoms with Gasteiger partial charge in [0.1, 0.15) is 5.75 Å². The molecular weight excluding hydrogens is 368 g/mol. The fourth-order valence-electron chi connectivity index (χ4n) is 3.13. The lowest BCUT2D eigenvalue weighted by Crippen LogP contribution is -2.46. The van der Waals surface area contributed by atoms with Crippen LogP contribution >= 0.6 is 11.6 Å². The third kappa shape index (κ3) is 5.69. The van der Waals surface area contributed by atoms with Crippen molar-refractivity contribution in [2.75, 3.05) is 45.2 Å². The third-order valence-corrected chi connectivity index (χ3v) is 4.85. The van der Waals surface area contributed by atoms with Gasteiger partial charge in [-0.15, -0.1) is 0 Å². The van der Waals surface area contributed by atoms with Crippen LogP contribution in [0.2, 0.25) is 5.02 Å². The number of methoxy groups -OCH3 is 1. The van der Waals surface area contributed by atoms with Gasteiger partial charge in [0.15, 0.2) is 5.76 Å². The van der Waals surface area contributed by atoms with Crippen molar-refractivity contribution in [2.24, 2.45) is 0 Å². The highest BCUT2D eigenvalue weighted by atomic mass is 35.5. The summed E-state index contributed by atoms with van der Waals surface area (Å²) in [6.45, 7) is 7.19. The van der Waals surface area contributed by atoms with Gasteiger partial charge in [0.25, 0.3) is 0 Å². The molecule has 1 N–H and O–H groups in total. The molecule has 0 aliphatic carbocycles. The summed E-state index contributed by atoms with van der Waals surface area (Å²) in [5.41, 5.74) is 1.51. The third-order valence-electron chi connectivity index (χ3n) is 4.61. The quantitative estimate of drug-likeness (QED) is 0.781. The smallest absolute Gasteiger partial charge is 0.225 e. The van der Waals surface area contributed by atoms with Crippen molar-refractivity contribution in [2.45, 2.75) is 19.9 Å². The van der Waals surface area contributed by atoms with E-state index in [1.54, 1.807) is 25.3 Å². The van der Waals surface area contributed by atoms with E-state index in [0.29, 0.717) is 22.9 Å². The summed E-state index contributed by atoms with van der Waals surface area (Å²) < 4.78 is 10.5. The van der Waals surface area contributed by atoms with Crippen molar-refractivity contribution in [3.05, 3.63) is 40.7 Å². The second-order valence-electron chi connectivity index (χ2n) is 6.70. The average Bonchev–Trinajstić information content (AvgIpc) is 3.06. The van der Waals surface area contributed by atoms with Gasteiger partial charge in [0.2, 0.25) is 5.91 Å². The molecule has 1 aromatic carbocycles. The van der Waals surface area contributed by atoms with E-state index in [1.807, 2.05) is 13.0 Å². The minimum atomic E-state index is -0.0462. The molecule has 2 heterocycles. The number of rotatable bonds is 7. The molecular formula is C19H25ClN4O3. The van der Waals surface area contributed by atoms with E-state index in [1.165, 1.54) is 0 Å². The predicted molar refractivity (Wildman–Crippen MR) is 104 cm³/mol. The standard InChI is InChI=1S/C19H25ClN4O3/c1-14-11-16(27-22-14)13-24-9-7-23(8-10-24)6-5-19(25)21-17-12-15(20)3-4-18(17)26-2/h3-4,11-12H,5-10,13H2,1-2H3,(H,21,25). The number of ether oxygens (including phenoxy) is 1. The van der Waals surface area contributed by atoms with Crippen LogP contribution in [0, 0.1) is 6.92 Å². The number of halogens is 1. The molecule has 7 nitrogen and oxygen atoms in total. The van der Waals surface area contributed by atoms with Gasteiger partial charge >= 0.3 is 0 Å². The zero-order valence-electron chi connectivity index (χ0n) is 15.7. The first kappa shape index (κ1) is 19.7. The van der Waals surface area contributed by atoms with Crippen molar-refractivity contribution in [3.8, 4) is 5.75 Å². The average molecular weight is 393 g/mol. The van der Waals surface area contributed by atoms with Gasteiger partial charge < -0.3 is 19.5 Å². The Labute approximate surface area is 164 Å². The van der Waals surface area contributed by atoms with E-state index in [4.69, 9.17) is 20.9 Å². The molecule has 8 heteroatoms. The molecule has 27 heavy (non-hydrogen) atoms. The normalized spacial score (nSPS) is 15.7.